The molecule has 1 N–H and O–H groups in total. The predicted octanol–water partition coefficient (Wildman–Crippen LogP) is 3.83. The zero-order valence-electron chi connectivity index (χ0n) is 10.2. The second-order valence-electron chi connectivity index (χ2n) is 4.85. The number of hydrogen-bond acceptors (Lipinski definition) is 2. The van der Waals surface area contributed by atoms with E-state index >= 15 is 0 Å². The van der Waals surface area contributed by atoms with Crippen molar-refractivity contribution in [3.8, 4) is 5.75 Å². The van der Waals surface area contributed by atoms with Crippen LogP contribution >= 0.6 is 0 Å². The Morgan fingerprint density at radius 1 is 1.12 bits per heavy atom. The summed E-state index contributed by atoms with van der Waals surface area (Å²) in [7, 11) is 0. The Morgan fingerprint density at radius 3 is 2.31 bits per heavy atom. The second-order valence-corrected chi connectivity index (χ2v) is 4.85. The summed E-state index contributed by atoms with van der Waals surface area (Å²) < 4.78 is 5.91. The van der Waals surface area contributed by atoms with Gasteiger partial charge in [-0.25, -0.2) is 0 Å². The van der Waals surface area contributed by atoms with Crippen LogP contribution in [0.3, 0.4) is 0 Å². The summed E-state index contributed by atoms with van der Waals surface area (Å²) in [5.41, 5.74) is 1.16. The van der Waals surface area contributed by atoms with Crippen molar-refractivity contribution in [1.82, 2.24) is 0 Å². The van der Waals surface area contributed by atoms with Crippen molar-refractivity contribution < 1.29 is 4.74 Å². The van der Waals surface area contributed by atoms with Crippen LogP contribution < -0.4 is 10.1 Å². The van der Waals surface area contributed by atoms with Gasteiger partial charge in [0.25, 0.3) is 0 Å². The molecular formula is C14H21NO. The lowest BCUT2D eigenvalue weighted by molar-refractivity contribution is 0.210. The molecule has 2 heteroatoms. The molecule has 88 valence electrons. The summed E-state index contributed by atoms with van der Waals surface area (Å²) in [6.45, 7) is 4.28. The fourth-order valence-electron chi connectivity index (χ4n) is 2.16. The molecule has 2 nitrogen and oxygen atoms in total. The van der Waals surface area contributed by atoms with E-state index in [1.807, 2.05) is 0 Å². The van der Waals surface area contributed by atoms with Crippen LogP contribution in [0, 0.1) is 0 Å². The largest absolute Gasteiger partial charge is 0.490 e. The smallest absolute Gasteiger partial charge is 0.119 e. The Labute approximate surface area is 98.0 Å². The van der Waals surface area contributed by atoms with Gasteiger partial charge in [0.15, 0.2) is 0 Å². The van der Waals surface area contributed by atoms with Crippen molar-refractivity contribution in [2.24, 2.45) is 0 Å². The van der Waals surface area contributed by atoms with Gasteiger partial charge in [-0.15, -0.1) is 0 Å². The summed E-state index contributed by atoms with van der Waals surface area (Å²) in [6, 6.07) is 8.77. The summed E-state index contributed by atoms with van der Waals surface area (Å²) >= 11 is 0. The first-order valence-corrected chi connectivity index (χ1v) is 6.27. The number of nitrogens with one attached hydrogen (secondary N) is 1. The first-order chi connectivity index (χ1) is 7.74. The third kappa shape index (κ3) is 3.16. The van der Waals surface area contributed by atoms with Crippen LogP contribution in [0.25, 0.3) is 0 Å². The van der Waals surface area contributed by atoms with E-state index in [2.05, 4.69) is 43.4 Å². The molecule has 1 saturated carbocycles. The van der Waals surface area contributed by atoms with Gasteiger partial charge in [-0.3, -0.25) is 0 Å². The highest BCUT2D eigenvalue weighted by atomic mass is 16.5. The van der Waals surface area contributed by atoms with Gasteiger partial charge < -0.3 is 10.1 Å². The van der Waals surface area contributed by atoms with E-state index in [1.165, 1.54) is 25.7 Å². The third-order valence-electron chi connectivity index (χ3n) is 2.91. The van der Waals surface area contributed by atoms with E-state index in [4.69, 9.17) is 4.74 Å². The summed E-state index contributed by atoms with van der Waals surface area (Å²) in [5.74, 6) is 1.00. The SMILES string of the molecule is CC(C)Nc1ccc(OC2CCCC2)cc1. The molecule has 1 fully saturated rings. The zero-order chi connectivity index (χ0) is 11.4. The van der Waals surface area contributed by atoms with Crippen LogP contribution in [-0.2, 0) is 0 Å². The van der Waals surface area contributed by atoms with Gasteiger partial charge in [-0.05, 0) is 63.8 Å². The quantitative estimate of drug-likeness (QED) is 0.831. The lowest BCUT2D eigenvalue weighted by atomic mass is 10.2. The average molecular weight is 219 g/mol. The highest BCUT2D eigenvalue weighted by Crippen LogP contribution is 2.25. The lowest BCUT2D eigenvalue weighted by Crippen LogP contribution is -2.11. The van der Waals surface area contributed by atoms with Gasteiger partial charge in [-0.1, -0.05) is 0 Å². The first-order valence-electron chi connectivity index (χ1n) is 6.27. The molecule has 0 aliphatic heterocycles. The molecule has 1 aromatic rings. The first kappa shape index (κ1) is 11.3. The van der Waals surface area contributed by atoms with Gasteiger partial charge >= 0.3 is 0 Å². The molecule has 0 bridgehead atoms. The number of anilines is 1. The van der Waals surface area contributed by atoms with E-state index < -0.39 is 0 Å². The molecule has 0 atom stereocenters. The van der Waals surface area contributed by atoms with E-state index in [-0.39, 0.29) is 0 Å². The van der Waals surface area contributed by atoms with Crippen LogP contribution in [0.2, 0.25) is 0 Å². The molecule has 0 unspecified atom stereocenters. The fourth-order valence-corrected chi connectivity index (χ4v) is 2.16. The molecule has 1 aliphatic rings. The van der Waals surface area contributed by atoms with Crippen molar-refractivity contribution in [2.45, 2.75) is 51.7 Å². The van der Waals surface area contributed by atoms with Crippen molar-refractivity contribution in [3.05, 3.63) is 24.3 Å². The number of hydrogen-bond donors (Lipinski definition) is 1. The van der Waals surface area contributed by atoms with Crippen LogP contribution in [0.15, 0.2) is 24.3 Å². The van der Waals surface area contributed by atoms with Gasteiger partial charge in [0.2, 0.25) is 0 Å². The maximum atomic E-state index is 5.91. The summed E-state index contributed by atoms with van der Waals surface area (Å²) in [6.07, 6.45) is 5.51. The van der Waals surface area contributed by atoms with Crippen LogP contribution in [-0.4, -0.2) is 12.1 Å². The van der Waals surface area contributed by atoms with Gasteiger partial charge in [0.05, 0.1) is 6.10 Å². The molecule has 1 aliphatic carbocycles. The maximum absolute atomic E-state index is 5.91. The molecule has 0 saturated heterocycles. The van der Waals surface area contributed by atoms with Crippen molar-refractivity contribution in [3.63, 3.8) is 0 Å². The Kier molecular flexibility index (Phi) is 3.70. The van der Waals surface area contributed by atoms with Crippen molar-refractivity contribution in [2.75, 3.05) is 5.32 Å². The number of benzene rings is 1. The Morgan fingerprint density at radius 2 is 1.75 bits per heavy atom. The normalized spacial score (nSPS) is 16.7. The Balaban J connectivity index is 1.90. The molecule has 0 radical (unpaired) electrons. The minimum Gasteiger partial charge on any atom is -0.490 e. The van der Waals surface area contributed by atoms with Gasteiger partial charge in [0, 0.05) is 11.7 Å². The minimum atomic E-state index is 0.448. The van der Waals surface area contributed by atoms with Gasteiger partial charge in [-0.2, -0.15) is 0 Å². The van der Waals surface area contributed by atoms with Crippen LogP contribution in [0.5, 0.6) is 5.75 Å². The number of rotatable bonds is 4. The van der Waals surface area contributed by atoms with E-state index in [9.17, 15) is 0 Å². The molecule has 2 rings (SSSR count). The molecule has 0 aromatic heterocycles. The molecule has 0 amide bonds. The van der Waals surface area contributed by atoms with E-state index in [1.54, 1.807) is 0 Å². The van der Waals surface area contributed by atoms with Crippen LogP contribution in [0.4, 0.5) is 5.69 Å². The van der Waals surface area contributed by atoms with Crippen molar-refractivity contribution in [1.29, 1.82) is 0 Å². The maximum Gasteiger partial charge on any atom is 0.119 e. The molecular weight excluding hydrogens is 198 g/mol. The van der Waals surface area contributed by atoms with E-state index in [0.717, 1.165) is 11.4 Å². The number of ether oxygens (including phenoxy) is 1. The molecule has 0 heterocycles. The van der Waals surface area contributed by atoms with Crippen molar-refractivity contribution >= 4 is 5.69 Å². The molecule has 1 aromatic carbocycles. The van der Waals surface area contributed by atoms with Crippen LogP contribution in [0.1, 0.15) is 39.5 Å². The van der Waals surface area contributed by atoms with E-state index in [0.29, 0.717) is 12.1 Å². The topological polar surface area (TPSA) is 21.3 Å². The monoisotopic (exact) mass is 219 g/mol. The molecule has 16 heavy (non-hydrogen) atoms. The predicted molar refractivity (Wildman–Crippen MR) is 68.1 cm³/mol. The lowest BCUT2D eigenvalue weighted by Gasteiger charge is -2.14. The highest BCUT2D eigenvalue weighted by molar-refractivity contribution is 5.46. The standard InChI is InChI=1S/C14H21NO/c1-11(2)15-12-7-9-14(10-8-12)16-13-5-3-4-6-13/h7-11,13,15H,3-6H2,1-2H3. The fraction of sp³-hybridized carbons (Fsp3) is 0.571. The second kappa shape index (κ2) is 5.24. The Bertz CT molecular complexity index is 312. The zero-order valence-corrected chi connectivity index (χ0v) is 10.2. The molecule has 0 spiro atoms. The third-order valence-corrected chi connectivity index (χ3v) is 2.91. The minimum absolute atomic E-state index is 0.448. The summed E-state index contributed by atoms with van der Waals surface area (Å²) in [4.78, 5) is 0. The average Bonchev–Trinajstić information content (AvgIpc) is 2.73. The highest BCUT2D eigenvalue weighted by Gasteiger charge is 2.16. The Hall–Kier alpha value is -1.18. The summed E-state index contributed by atoms with van der Waals surface area (Å²) in [5, 5.41) is 3.37. The van der Waals surface area contributed by atoms with Gasteiger partial charge in [0.1, 0.15) is 5.75 Å².